The predicted octanol–water partition coefficient (Wildman–Crippen LogP) is 2.02. The monoisotopic (exact) mass is 550 g/mol. The number of halogens is 1. The predicted molar refractivity (Wildman–Crippen MR) is 141 cm³/mol. The summed E-state index contributed by atoms with van der Waals surface area (Å²) < 4.78 is 5.67. The van der Waals surface area contributed by atoms with E-state index in [1.54, 1.807) is 13.0 Å². The highest BCUT2D eigenvalue weighted by Gasteiger charge is 2.29. The van der Waals surface area contributed by atoms with Crippen molar-refractivity contribution in [2.24, 2.45) is 5.92 Å². The summed E-state index contributed by atoms with van der Waals surface area (Å²) >= 11 is 6.23. The Balaban J connectivity index is 0.000000436. The van der Waals surface area contributed by atoms with Crippen molar-refractivity contribution in [1.29, 1.82) is 0 Å². The molecule has 5 N–H and O–H groups in total. The number of ether oxygens (including phenoxy) is 1. The van der Waals surface area contributed by atoms with Gasteiger partial charge in [-0.15, -0.1) is 0 Å². The number of fused-ring (bicyclic) bond motifs is 1. The number of carbonyl (C=O) groups excluding carboxylic acids is 2. The zero-order valence-electron chi connectivity index (χ0n) is 21.5. The Morgan fingerprint density at radius 2 is 1.68 bits per heavy atom. The van der Waals surface area contributed by atoms with Crippen LogP contribution in [-0.4, -0.2) is 89.1 Å². The molecule has 2 saturated heterocycles. The molecule has 0 bridgehead atoms. The summed E-state index contributed by atoms with van der Waals surface area (Å²) in [4.78, 5) is 47.9. The summed E-state index contributed by atoms with van der Waals surface area (Å²) in [7, 11) is 0. The average molecular weight is 551 g/mol. The van der Waals surface area contributed by atoms with Gasteiger partial charge >= 0.3 is 11.9 Å². The van der Waals surface area contributed by atoms with Crippen LogP contribution in [-0.2, 0) is 20.8 Å². The lowest BCUT2D eigenvalue weighted by Gasteiger charge is -2.37. The molecule has 2 fully saturated rings. The van der Waals surface area contributed by atoms with Crippen molar-refractivity contribution in [3.8, 4) is 5.75 Å². The Bertz CT molecular complexity index is 1060. The maximum absolute atomic E-state index is 12.9. The van der Waals surface area contributed by atoms with E-state index in [0.29, 0.717) is 53.1 Å². The molecule has 0 atom stereocenters. The highest BCUT2D eigenvalue weighted by Crippen LogP contribution is 2.38. The zero-order valence-corrected chi connectivity index (χ0v) is 22.2. The maximum Gasteiger partial charge on any atom is 0.328 e. The maximum atomic E-state index is 12.9. The Labute approximate surface area is 226 Å². The third-order valence-corrected chi connectivity index (χ3v) is 7.40. The number of aliphatic carboxylic acids is 2. The van der Waals surface area contributed by atoms with Gasteiger partial charge in [-0.25, -0.2) is 9.59 Å². The molecule has 3 aliphatic heterocycles. The second kappa shape index (κ2) is 13.5. The summed E-state index contributed by atoms with van der Waals surface area (Å²) in [5.74, 6) is -1.22. The highest BCUT2D eigenvalue weighted by molar-refractivity contribution is 6.33. The number of hydrogen-bond donors (Lipinski definition) is 4. The number of nitrogens with two attached hydrogens (primary N) is 1. The summed E-state index contributed by atoms with van der Waals surface area (Å²) in [5, 5.41) is 19.2. The number of anilines is 1. The van der Waals surface area contributed by atoms with E-state index >= 15 is 0 Å². The SMILES string of the molecule is CC(=O)N1CCC(CN2CCC(NC(=O)c3cc(Cl)c(N)c4c3OCC4)CC2)CC1.O=C(O)C=CC(=O)O. The Kier molecular flexibility index (Phi) is 10.4. The van der Waals surface area contributed by atoms with Crippen LogP contribution in [0.2, 0.25) is 5.02 Å². The molecule has 1 aromatic carbocycles. The van der Waals surface area contributed by atoms with Gasteiger partial charge in [0.25, 0.3) is 5.91 Å². The molecular weight excluding hydrogens is 516 g/mol. The zero-order chi connectivity index (χ0) is 27.8. The molecule has 38 heavy (non-hydrogen) atoms. The summed E-state index contributed by atoms with van der Waals surface area (Å²) in [6.07, 6.45) is 5.84. The first-order valence-corrected chi connectivity index (χ1v) is 13.1. The number of likely N-dealkylation sites (tertiary alicyclic amines) is 2. The van der Waals surface area contributed by atoms with Crippen molar-refractivity contribution in [3.05, 3.63) is 34.4 Å². The first-order valence-electron chi connectivity index (χ1n) is 12.7. The number of carboxylic acids is 2. The van der Waals surface area contributed by atoms with Gasteiger partial charge in [-0.1, -0.05) is 11.6 Å². The second-order valence-electron chi connectivity index (χ2n) is 9.73. The van der Waals surface area contributed by atoms with Crippen LogP contribution in [0.5, 0.6) is 5.75 Å². The van der Waals surface area contributed by atoms with E-state index in [2.05, 4.69) is 10.2 Å². The van der Waals surface area contributed by atoms with Crippen LogP contribution < -0.4 is 15.8 Å². The molecule has 1 aromatic rings. The number of hydrogen-bond acceptors (Lipinski definition) is 7. The quantitative estimate of drug-likeness (QED) is 0.306. The van der Waals surface area contributed by atoms with Crippen molar-refractivity contribution in [3.63, 3.8) is 0 Å². The second-order valence-corrected chi connectivity index (χ2v) is 10.1. The molecule has 0 aromatic heterocycles. The Morgan fingerprint density at radius 3 is 2.24 bits per heavy atom. The molecule has 0 spiro atoms. The number of rotatable bonds is 6. The van der Waals surface area contributed by atoms with Crippen molar-refractivity contribution in [1.82, 2.24) is 15.1 Å². The number of carbonyl (C=O) groups is 4. The van der Waals surface area contributed by atoms with Crippen molar-refractivity contribution >= 4 is 41.0 Å². The lowest BCUT2D eigenvalue weighted by atomic mass is 9.94. The molecule has 0 radical (unpaired) electrons. The Hall–Kier alpha value is -3.31. The van der Waals surface area contributed by atoms with Gasteiger partial charge in [0.2, 0.25) is 5.91 Å². The highest BCUT2D eigenvalue weighted by atomic mass is 35.5. The standard InChI is InChI=1S/C22H31ClN4O3.C4H4O4/c1-14(28)27-9-2-15(3-10-27)13-26-7-4-16(5-8-26)25-22(29)18-12-19(23)20(24)17-6-11-30-21(17)18;5-3(6)1-2-4(7)8/h12,15-16H,2-11,13,24H2,1H3,(H,25,29);1-2H,(H,5,6)(H,7,8). The molecule has 0 saturated carbocycles. The van der Waals surface area contributed by atoms with Gasteiger partial charge in [0.05, 0.1) is 22.9 Å². The number of nitrogens with zero attached hydrogens (tertiary/aromatic N) is 2. The van der Waals surface area contributed by atoms with E-state index < -0.39 is 11.9 Å². The smallest absolute Gasteiger partial charge is 0.328 e. The Morgan fingerprint density at radius 1 is 1.08 bits per heavy atom. The van der Waals surface area contributed by atoms with Crippen molar-refractivity contribution in [2.75, 3.05) is 45.1 Å². The third-order valence-electron chi connectivity index (χ3n) is 7.08. The fraction of sp³-hybridized carbons (Fsp3) is 0.538. The van der Waals surface area contributed by atoms with Gasteiger partial charge in [0.15, 0.2) is 0 Å². The normalized spacial score (nSPS) is 18.3. The van der Waals surface area contributed by atoms with Gasteiger partial charge in [-0.3, -0.25) is 9.59 Å². The van der Waals surface area contributed by atoms with Crippen LogP contribution in [0, 0.1) is 5.92 Å². The first-order chi connectivity index (χ1) is 18.0. The van der Waals surface area contributed by atoms with E-state index in [9.17, 15) is 19.2 Å². The van der Waals surface area contributed by atoms with Gasteiger partial charge in [0, 0.05) is 69.8 Å². The molecular formula is C26H35ClN4O7. The summed E-state index contributed by atoms with van der Waals surface area (Å²) in [6.45, 7) is 6.99. The molecule has 3 heterocycles. The largest absolute Gasteiger partial charge is 0.492 e. The van der Waals surface area contributed by atoms with E-state index in [-0.39, 0.29) is 17.9 Å². The number of nitrogens with one attached hydrogen (secondary N) is 1. The van der Waals surface area contributed by atoms with Crippen LogP contribution in [0.3, 0.4) is 0 Å². The molecule has 4 rings (SSSR count). The minimum atomic E-state index is -1.26. The minimum absolute atomic E-state index is 0.134. The van der Waals surface area contributed by atoms with Crippen LogP contribution in [0.25, 0.3) is 0 Å². The molecule has 12 heteroatoms. The van der Waals surface area contributed by atoms with E-state index in [1.807, 2.05) is 4.90 Å². The first kappa shape index (κ1) is 29.2. The number of benzene rings is 1. The number of nitrogen functional groups attached to an aromatic ring is 1. The van der Waals surface area contributed by atoms with Crippen LogP contribution in [0.4, 0.5) is 5.69 Å². The molecule has 3 aliphatic rings. The van der Waals surface area contributed by atoms with E-state index in [0.717, 1.165) is 64.0 Å². The number of amides is 2. The summed E-state index contributed by atoms with van der Waals surface area (Å²) in [6, 6.07) is 1.78. The average Bonchev–Trinajstić information content (AvgIpc) is 3.37. The molecule has 11 nitrogen and oxygen atoms in total. The van der Waals surface area contributed by atoms with E-state index in [1.165, 1.54) is 0 Å². The minimum Gasteiger partial charge on any atom is -0.492 e. The molecule has 2 amide bonds. The topological polar surface area (TPSA) is 162 Å². The number of piperidine rings is 2. The number of carboxylic acid groups (broad SMARTS) is 2. The lowest BCUT2D eigenvalue weighted by Crippen LogP contribution is -2.47. The van der Waals surface area contributed by atoms with E-state index in [4.69, 9.17) is 32.3 Å². The van der Waals surface area contributed by atoms with Crippen LogP contribution in [0.15, 0.2) is 18.2 Å². The fourth-order valence-corrected chi connectivity index (χ4v) is 5.22. The van der Waals surface area contributed by atoms with Crippen LogP contribution in [0.1, 0.15) is 48.5 Å². The van der Waals surface area contributed by atoms with Crippen LogP contribution >= 0.6 is 11.6 Å². The molecule has 0 unspecified atom stereocenters. The van der Waals surface area contributed by atoms with Gasteiger partial charge in [-0.05, 0) is 37.7 Å². The molecule has 0 aliphatic carbocycles. The van der Waals surface area contributed by atoms with Gasteiger partial charge < -0.3 is 35.8 Å². The third kappa shape index (κ3) is 8.09. The van der Waals surface area contributed by atoms with Crippen molar-refractivity contribution < 1.29 is 34.1 Å². The van der Waals surface area contributed by atoms with Gasteiger partial charge in [0.1, 0.15) is 5.75 Å². The molecule has 208 valence electrons. The summed E-state index contributed by atoms with van der Waals surface area (Å²) in [5.41, 5.74) is 7.88. The lowest BCUT2D eigenvalue weighted by molar-refractivity contribution is -0.134. The van der Waals surface area contributed by atoms with Gasteiger partial charge in [-0.2, -0.15) is 0 Å². The van der Waals surface area contributed by atoms with Crippen molar-refractivity contribution in [2.45, 2.75) is 45.1 Å². The fourth-order valence-electron chi connectivity index (χ4n) is 5.00.